The smallest absolute Gasteiger partial charge is 0.306 e. The van der Waals surface area contributed by atoms with Gasteiger partial charge in [0.15, 0.2) is 5.12 Å². The highest BCUT2D eigenvalue weighted by molar-refractivity contribution is 8.14. The molecule has 0 aromatic heterocycles. The zero-order chi connectivity index (χ0) is 41.1. The molecule has 1 aliphatic carbocycles. The van der Waals surface area contributed by atoms with Crippen molar-refractivity contribution in [2.45, 2.75) is 284 Å². The number of ether oxygens (including phenoxy) is 2. The van der Waals surface area contributed by atoms with Crippen molar-refractivity contribution < 1.29 is 23.9 Å². The molecule has 1 rings (SSSR count). The summed E-state index contributed by atoms with van der Waals surface area (Å²) in [5.41, 5.74) is 0. The molecule has 0 atom stereocenters. The lowest BCUT2D eigenvalue weighted by Gasteiger charge is -2.29. The maximum Gasteiger partial charge on any atom is 0.306 e. The second kappa shape index (κ2) is 37.0. The normalized spacial score (nSPS) is 16.0. The predicted octanol–water partition coefficient (Wildman–Crippen LogP) is 16.1. The average Bonchev–Trinajstić information content (AvgIpc) is 3.17. The summed E-state index contributed by atoms with van der Waals surface area (Å²) >= 11 is 1.58. The number of unbranched alkanes of at least 4 members (excludes halogenated alkanes) is 16. The lowest BCUT2D eigenvalue weighted by molar-refractivity contribution is -0.150. The Balaban J connectivity index is 2.78. The number of hydrogen-bond donors (Lipinski definition) is 0. The SMILES string of the molecule is CCCCCCCC(CCCCCCC)OC(=O)CCCC(CCCC(=O)OC(CCCCCCC)CCCCCCC)C(=O)SC1CCC(CC(C)C)CC1. The third-order valence-corrected chi connectivity index (χ3v) is 13.6. The van der Waals surface area contributed by atoms with E-state index in [1.165, 1.54) is 122 Å². The van der Waals surface area contributed by atoms with Gasteiger partial charge in [-0.15, -0.1) is 0 Å². The molecule has 0 aliphatic heterocycles. The topological polar surface area (TPSA) is 69.7 Å². The molecule has 0 aromatic rings. The van der Waals surface area contributed by atoms with Gasteiger partial charge >= 0.3 is 11.9 Å². The molecular weight excluding hydrogens is 713 g/mol. The highest BCUT2D eigenvalue weighted by Gasteiger charge is 2.28. The van der Waals surface area contributed by atoms with E-state index in [1.54, 1.807) is 11.8 Å². The Labute approximate surface area is 352 Å². The van der Waals surface area contributed by atoms with Crippen LogP contribution in [-0.2, 0) is 23.9 Å². The summed E-state index contributed by atoms with van der Waals surface area (Å²) in [6.45, 7) is 13.6. The van der Waals surface area contributed by atoms with Crippen LogP contribution in [0.1, 0.15) is 266 Å². The minimum atomic E-state index is -0.130. The third-order valence-electron chi connectivity index (χ3n) is 12.2. The molecule has 1 aliphatic rings. The lowest BCUT2D eigenvalue weighted by Crippen LogP contribution is -2.22. The van der Waals surface area contributed by atoms with Crippen molar-refractivity contribution >= 4 is 28.8 Å². The summed E-state index contributed by atoms with van der Waals surface area (Å²) in [4.78, 5) is 40.3. The first-order chi connectivity index (χ1) is 27.2. The summed E-state index contributed by atoms with van der Waals surface area (Å²) < 4.78 is 12.2. The predicted molar refractivity (Wildman–Crippen MR) is 242 cm³/mol. The van der Waals surface area contributed by atoms with Gasteiger partial charge < -0.3 is 9.47 Å². The number of rotatable bonds is 38. The van der Waals surface area contributed by atoms with E-state index in [2.05, 4.69) is 41.5 Å². The van der Waals surface area contributed by atoms with Crippen molar-refractivity contribution in [2.75, 3.05) is 0 Å². The van der Waals surface area contributed by atoms with Crippen LogP contribution in [0.25, 0.3) is 0 Å². The molecule has 0 amide bonds. The fourth-order valence-electron chi connectivity index (χ4n) is 8.69. The van der Waals surface area contributed by atoms with Gasteiger partial charge in [0.05, 0.1) is 0 Å². The highest BCUT2D eigenvalue weighted by Crippen LogP contribution is 2.37. The van der Waals surface area contributed by atoms with Gasteiger partial charge in [-0.25, -0.2) is 0 Å². The minimum Gasteiger partial charge on any atom is -0.462 e. The van der Waals surface area contributed by atoms with Crippen LogP contribution in [0.15, 0.2) is 0 Å². The summed E-state index contributed by atoms with van der Waals surface area (Å²) in [5, 5.41) is 0.669. The van der Waals surface area contributed by atoms with E-state index in [0.29, 0.717) is 43.8 Å². The minimum absolute atomic E-state index is 0.0204. The number of carbonyl (C=O) groups is 3. The van der Waals surface area contributed by atoms with E-state index >= 15 is 0 Å². The zero-order valence-corrected chi connectivity index (χ0v) is 39.0. The molecule has 0 spiro atoms. The van der Waals surface area contributed by atoms with E-state index in [0.717, 1.165) is 76.0 Å². The molecule has 0 aromatic carbocycles. The van der Waals surface area contributed by atoms with Crippen molar-refractivity contribution in [2.24, 2.45) is 17.8 Å². The van der Waals surface area contributed by atoms with E-state index in [4.69, 9.17) is 9.47 Å². The van der Waals surface area contributed by atoms with Crippen molar-refractivity contribution in [3.8, 4) is 0 Å². The average molecular weight is 807 g/mol. The fourth-order valence-corrected chi connectivity index (χ4v) is 9.96. The summed E-state index contributed by atoms with van der Waals surface area (Å²) in [6.07, 6.45) is 37.8. The van der Waals surface area contributed by atoms with Crippen molar-refractivity contribution in [1.82, 2.24) is 0 Å². The molecule has 0 heterocycles. The van der Waals surface area contributed by atoms with Gasteiger partial charge in [0.25, 0.3) is 0 Å². The maximum atomic E-state index is 13.9. The van der Waals surface area contributed by atoms with Gasteiger partial charge in [0, 0.05) is 24.0 Å². The van der Waals surface area contributed by atoms with E-state index in [-0.39, 0.29) is 35.2 Å². The van der Waals surface area contributed by atoms with Gasteiger partial charge in [0.2, 0.25) is 0 Å². The molecule has 0 N–H and O–H groups in total. The maximum absolute atomic E-state index is 13.9. The Hall–Kier alpha value is -1.04. The van der Waals surface area contributed by atoms with Crippen molar-refractivity contribution in [3.63, 3.8) is 0 Å². The van der Waals surface area contributed by atoms with Crippen LogP contribution in [-0.4, -0.2) is 34.5 Å². The number of esters is 2. The standard InChI is InChI=1S/C50H94O5S/c1-7-11-15-19-23-31-45(32-24-20-16-12-8-2)54-48(51)35-27-29-44(50(53)56-47-39-37-43(38-40-47)41-42(5)6)30-28-36-49(52)55-46(33-25-21-17-13-9-3)34-26-22-18-14-10-4/h42-47H,7-41H2,1-6H3. The van der Waals surface area contributed by atoms with E-state index in [1.807, 2.05) is 0 Å². The van der Waals surface area contributed by atoms with Crippen LogP contribution in [0.3, 0.4) is 0 Å². The second-order valence-electron chi connectivity index (χ2n) is 18.2. The number of thioether (sulfide) groups is 1. The molecule has 0 bridgehead atoms. The van der Waals surface area contributed by atoms with Crippen LogP contribution in [0.2, 0.25) is 0 Å². The Morgan fingerprint density at radius 2 is 0.839 bits per heavy atom. The van der Waals surface area contributed by atoms with Crippen LogP contribution >= 0.6 is 11.8 Å². The summed E-state index contributed by atoms with van der Waals surface area (Å²) in [6, 6.07) is 0. The number of carbonyl (C=O) groups excluding carboxylic acids is 3. The number of hydrogen-bond acceptors (Lipinski definition) is 6. The molecule has 1 saturated carbocycles. The molecular formula is C50H94O5S. The largest absolute Gasteiger partial charge is 0.462 e. The van der Waals surface area contributed by atoms with Gasteiger partial charge in [0.1, 0.15) is 12.2 Å². The van der Waals surface area contributed by atoms with Crippen molar-refractivity contribution in [1.29, 1.82) is 0 Å². The first-order valence-electron chi connectivity index (χ1n) is 24.8. The quantitative estimate of drug-likeness (QED) is 0.0457. The molecule has 5 nitrogen and oxygen atoms in total. The molecule has 56 heavy (non-hydrogen) atoms. The lowest BCUT2D eigenvalue weighted by atomic mass is 9.83. The van der Waals surface area contributed by atoms with Gasteiger partial charge in [-0.2, -0.15) is 0 Å². The Morgan fingerprint density at radius 3 is 1.18 bits per heavy atom. The van der Waals surface area contributed by atoms with Crippen molar-refractivity contribution in [3.05, 3.63) is 0 Å². The molecule has 1 fully saturated rings. The van der Waals surface area contributed by atoms with Crippen LogP contribution < -0.4 is 0 Å². The Kier molecular flexibility index (Phi) is 35.0. The van der Waals surface area contributed by atoms with Gasteiger partial charge in [-0.1, -0.05) is 156 Å². The third kappa shape index (κ3) is 30.1. The first kappa shape index (κ1) is 53.0. The van der Waals surface area contributed by atoms with Crippen LogP contribution in [0.5, 0.6) is 0 Å². The first-order valence-corrected chi connectivity index (χ1v) is 25.7. The molecule has 6 heteroatoms. The zero-order valence-electron chi connectivity index (χ0n) is 38.2. The van der Waals surface area contributed by atoms with E-state index < -0.39 is 0 Å². The molecule has 0 unspecified atom stereocenters. The second-order valence-corrected chi connectivity index (χ2v) is 19.5. The van der Waals surface area contributed by atoms with E-state index in [9.17, 15) is 14.4 Å². The summed E-state index contributed by atoms with van der Waals surface area (Å²) in [5.74, 6) is 1.20. The molecule has 0 saturated heterocycles. The van der Waals surface area contributed by atoms with Crippen LogP contribution in [0, 0.1) is 17.8 Å². The van der Waals surface area contributed by atoms with Crippen LogP contribution in [0.4, 0.5) is 0 Å². The summed E-state index contributed by atoms with van der Waals surface area (Å²) in [7, 11) is 0. The fraction of sp³-hybridized carbons (Fsp3) is 0.940. The Morgan fingerprint density at radius 1 is 0.482 bits per heavy atom. The molecule has 0 radical (unpaired) electrons. The molecule has 330 valence electrons. The monoisotopic (exact) mass is 807 g/mol. The van der Waals surface area contributed by atoms with Gasteiger partial charge in [-0.05, 0) is 121 Å². The highest BCUT2D eigenvalue weighted by atomic mass is 32.2. The Bertz CT molecular complexity index is 848. The van der Waals surface area contributed by atoms with Gasteiger partial charge in [-0.3, -0.25) is 14.4 Å².